The van der Waals surface area contributed by atoms with E-state index in [-0.39, 0.29) is 0 Å². The molecule has 3 nitrogen and oxygen atoms in total. The van der Waals surface area contributed by atoms with Crippen molar-refractivity contribution in [2.24, 2.45) is 11.8 Å². The zero-order chi connectivity index (χ0) is 14.5. The Morgan fingerprint density at radius 2 is 2.05 bits per heavy atom. The molecule has 0 aromatic heterocycles. The first-order chi connectivity index (χ1) is 9.63. The summed E-state index contributed by atoms with van der Waals surface area (Å²) in [6, 6.07) is 1.40. The molecule has 2 fully saturated rings. The summed E-state index contributed by atoms with van der Waals surface area (Å²) >= 11 is 0. The molecule has 2 aliphatic heterocycles. The Labute approximate surface area is 125 Å². The second kappa shape index (κ2) is 7.77. The van der Waals surface area contributed by atoms with Crippen LogP contribution < -0.4 is 5.32 Å². The zero-order valence-corrected chi connectivity index (χ0v) is 13.9. The van der Waals surface area contributed by atoms with Gasteiger partial charge in [-0.05, 0) is 37.5 Å². The van der Waals surface area contributed by atoms with Crippen molar-refractivity contribution in [2.45, 2.75) is 71.6 Å². The van der Waals surface area contributed by atoms with Crippen molar-refractivity contribution in [3.63, 3.8) is 0 Å². The van der Waals surface area contributed by atoms with Gasteiger partial charge in [-0.15, -0.1) is 0 Å². The number of hydrogen-bond acceptors (Lipinski definition) is 3. The first-order valence-electron chi connectivity index (χ1n) is 8.73. The fraction of sp³-hybridized carbons (Fsp3) is 1.00. The van der Waals surface area contributed by atoms with E-state index in [9.17, 15) is 0 Å². The first kappa shape index (κ1) is 16.3. The lowest BCUT2D eigenvalue weighted by atomic mass is 9.94. The fourth-order valence-electron chi connectivity index (χ4n) is 3.94. The molecule has 118 valence electrons. The molecular formula is C17H34N2O. The molecule has 0 aromatic carbocycles. The summed E-state index contributed by atoms with van der Waals surface area (Å²) in [5.41, 5.74) is 0. The van der Waals surface area contributed by atoms with E-state index in [0.717, 1.165) is 31.0 Å². The first-order valence-corrected chi connectivity index (χ1v) is 8.73. The van der Waals surface area contributed by atoms with Crippen LogP contribution in [0.3, 0.4) is 0 Å². The highest BCUT2D eigenvalue weighted by Gasteiger charge is 2.33. The Balaban J connectivity index is 1.91. The molecule has 2 aliphatic rings. The van der Waals surface area contributed by atoms with Crippen molar-refractivity contribution in [1.82, 2.24) is 10.2 Å². The van der Waals surface area contributed by atoms with Crippen molar-refractivity contribution < 1.29 is 4.74 Å². The SMILES string of the molecule is CCC1OCCC1CN1CC(CC(C)C)NCC1CC. The van der Waals surface area contributed by atoms with Crippen LogP contribution in [0.4, 0.5) is 0 Å². The summed E-state index contributed by atoms with van der Waals surface area (Å²) in [5, 5.41) is 3.76. The highest BCUT2D eigenvalue weighted by Crippen LogP contribution is 2.26. The van der Waals surface area contributed by atoms with Gasteiger partial charge in [-0.25, -0.2) is 0 Å². The van der Waals surface area contributed by atoms with Crippen LogP contribution in [-0.4, -0.2) is 49.3 Å². The number of nitrogens with one attached hydrogen (secondary N) is 1. The van der Waals surface area contributed by atoms with E-state index < -0.39 is 0 Å². The van der Waals surface area contributed by atoms with E-state index in [0.29, 0.717) is 12.1 Å². The average Bonchev–Trinajstić information content (AvgIpc) is 2.85. The molecule has 2 heterocycles. The van der Waals surface area contributed by atoms with Crippen molar-refractivity contribution >= 4 is 0 Å². The van der Waals surface area contributed by atoms with E-state index in [1.807, 2.05) is 0 Å². The quantitative estimate of drug-likeness (QED) is 0.811. The minimum absolute atomic E-state index is 0.506. The molecule has 0 bridgehead atoms. The van der Waals surface area contributed by atoms with Gasteiger partial charge in [-0.1, -0.05) is 27.7 Å². The smallest absolute Gasteiger partial charge is 0.0613 e. The van der Waals surface area contributed by atoms with Gasteiger partial charge in [0.2, 0.25) is 0 Å². The lowest BCUT2D eigenvalue weighted by Crippen LogP contribution is -2.57. The number of hydrogen-bond donors (Lipinski definition) is 1. The molecule has 0 aromatic rings. The molecule has 1 N–H and O–H groups in total. The van der Waals surface area contributed by atoms with E-state index in [1.54, 1.807) is 0 Å². The maximum absolute atomic E-state index is 5.87. The van der Waals surface area contributed by atoms with Crippen LogP contribution in [0.2, 0.25) is 0 Å². The number of nitrogens with zero attached hydrogens (tertiary/aromatic N) is 1. The van der Waals surface area contributed by atoms with E-state index >= 15 is 0 Å². The third kappa shape index (κ3) is 4.19. The molecule has 3 heteroatoms. The third-order valence-corrected chi connectivity index (χ3v) is 5.06. The monoisotopic (exact) mass is 282 g/mol. The number of ether oxygens (including phenoxy) is 1. The molecule has 4 atom stereocenters. The predicted molar refractivity (Wildman–Crippen MR) is 85.0 cm³/mol. The van der Waals surface area contributed by atoms with Gasteiger partial charge in [0, 0.05) is 38.3 Å². The lowest BCUT2D eigenvalue weighted by molar-refractivity contribution is 0.0530. The van der Waals surface area contributed by atoms with E-state index in [1.165, 1.54) is 38.8 Å². The zero-order valence-electron chi connectivity index (χ0n) is 13.9. The minimum atomic E-state index is 0.506. The molecule has 20 heavy (non-hydrogen) atoms. The second-order valence-electron chi connectivity index (χ2n) is 7.12. The minimum Gasteiger partial charge on any atom is -0.378 e. The van der Waals surface area contributed by atoms with Crippen LogP contribution in [-0.2, 0) is 4.74 Å². The summed E-state index contributed by atoms with van der Waals surface area (Å²) in [4.78, 5) is 2.76. The van der Waals surface area contributed by atoms with Crippen LogP contribution in [0.25, 0.3) is 0 Å². The van der Waals surface area contributed by atoms with Crippen LogP contribution in [0.5, 0.6) is 0 Å². The van der Waals surface area contributed by atoms with Crippen molar-refractivity contribution in [3.05, 3.63) is 0 Å². The Kier molecular flexibility index (Phi) is 6.31. The summed E-state index contributed by atoms with van der Waals surface area (Å²) in [7, 11) is 0. The van der Waals surface area contributed by atoms with Crippen LogP contribution in [0.15, 0.2) is 0 Å². The molecule has 0 aliphatic carbocycles. The van der Waals surface area contributed by atoms with Gasteiger partial charge >= 0.3 is 0 Å². The van der Waals surface area contributed by atoms with Crippen molar-refractivity contribution in [2.75, 3.05) is 26.2 Å². The molecule has 2 saturated heterocycles. The summed E-state index contributed by atoms with van der Waals surface area (Å²) < 4.78 is 5.87. The van der Waals surface area contributed by atoms with Gasteiger partial charge in [0.15, 0.2) is 0 Å². The maximum Gasteiger partial charge on any atom is 0.0613 e. The van der Waals surface area contributed by atoms with Gasteiger partial charge in [0.25, 0.3) is 0 Å². The van der Waals surface area contributed by atoms with Crippen molar-refractivity contribution in [1.29, 1.82) is 0 Å². The van der Waals surface area contributed by atoms with Gasteiger partial charge in [-0.2, -0.15) is 0 Å². The van der Waals surface area contributed by atoms with Crippen molar-refractivity contribution in [3.8, 4) is 0 Å². The Morgan fingerprint density at radius 1 is 1.25 bits per heavy atom. The summed E-state index contributed by atoms with van der Waals surface area (Å²) in [6.45, 7) is 13.9. The van der Waals surface area contributed by atoms with Gasteiger partial charge < -0.3 is 10.1 Å². The van der Waals surface area contributed by atoms with Gasteiger partial charge in [-0.3, -0.25) is 4.90 Å². The Hall–Kier alpha value is -0.120. The van der Waals surface area contributed by atoms with Gasteiger partial charge in [0.05, 0.1) is 6.10 Å². The molecule has 0 spiro atoms. The maximum atomic E-state index is 5.87. The summed E-state index contributed by atoms with van der Waals surface area (Å²) in [5.74, 6) is 1.54. The highest BCUT2D eigenvalue weighted by atomic mass is 16.5. The van der Waals surface area contributed by atoms with Crippen LogP contribution in [0.1, 0.15) is 53.4 Å². The second-order valence-corrected chi connectivity index (χ2v) is 7.12. The number of piperazine rings is 1. The molecule has 0 radical (unpaired) electrons. The standard InChI is InChI=1S/C17H34N2O/c1-5-16-10-18-15(9-13(3)4)12-19(16)11-14-7-8-20-17(14)6-2/h13-18H,5-12H2,1-4H3. The van der Waals surface area contributed by atoms with Crippen LogP contribution >= 0.6 is 0 Å². The fourth-order valence-corrected chi connectivity index (χ4v) is 3.94. The Morgan fingerprint density at radius 3 is 2.70 bits per heavy atom. The normalized spacial score (nSPS) is 35.9. The largest absolute Gasteiger partial charge is 0.378 e. The Bertz CT molecular complexity index is 282. The molecule has 0 amide bonds. The van der Waals surface area contributed by atoms with Gasteiger partial charge in [0.1, 0.15) is 0 Å². The average molecular weight is 282 g/mol. The van der Waals surface area contributed by atoms with Crippen LogP contribution in [0, 0.1) is 11.8 Å². The molecule has 0 saturated carbocycles. The number of rotatable bonds is 6. The molecule has 2 rings (SSSR count). The van der Waals surface area contributed by atoms with E-state index in [4.69, 9.17) is 4.74 Å². The predicted octanol–water partition coefficient (Wildman–Crippen LogP) is 2.90. The molecule has 4 unspecified atom stereocenters. The molecular weight excluding hydrogens is 248 g/mol. The van der Waals surface area contributed by atoms with E-state index in [2.05, 4.69) is 37.9 Å². The summed E-state index contributed by atoms with van der Waals surface area (Å²) in [6.07, 6.45) is 5.49. The lowest BCUT2D eigenvalue weighted by Gasteiger charge is -2.42. The topological polar surface area (TPSA) is 24.5 Å². The third-order valence-electron chi connectivity index (χ3n) is 5.06. The highest BCUT2D eigenvalue weighted by molar-refractivity contribution is 4.89.